The van der Waals surface area contributed by atoms with Crippen LogP contribution in [0.4, 0.5) is 0 Å². The number of carbonyl (C=O) groups excluding carboxylic acids is 1. The molecule has 1 aliphatic heterocycles. The molecule has 3 rings (SSSR count). The highest BCUT2D eigenvalue weighted by molar-refractivity contribution is 5.94. The summed E-state index contributed by atoms with van der Waals surface area (Å²) in [5, 5.41) is 3.29. The fraction of sp³-hybridized carbons (Fsp3) is 0.588. The second-order valence-electron chi connectivity index (χ2n) is 6.35. The molecule has 1 N–H and O–H groups in total. The fourth-order valence-electron chi connectivity index (χ4n) is 3.85. The zero-order valence-corrected chi connectivity index (χ0v) is 12.2. The van der Waals surface area contributed by atoms with Crippen molar-refractivity contribution in [2.75, 3.05) is 20.1 Å². The van der Waals surface area contributed by atoms with Crippen molar-refractivity contribution in [2.45, 2.75) is 31.7 Å². The topological polar surface area (TPSA) is 32.3 Å². The highest BCUT2D eigenvalue weighted by atomic mass is 16.1. The smallest absolute Gasteiger partial charge is 0.251 e. The summed E-state index contributed by atoms with van der Waals surface area (Å²) in [6, 6.07) is 9.93. The third-order valence-corrected chi connectivity index (χ3v) is 4.97. The molecule has 3 nitrogen and oxygen atoms in total. The van der Waals surface area contributed by atoms with E-state index < -0.39 is 0 Å². The Balaban J connectivity index is 1.68. The molecule has 1 saturated heterocycles. The van der Waals surface area contributed by atoms with Crippen LogP contribution in [0.25, 0.3) is 0 Å². The minimum absolute atomic E-state index is 0.0875. The summed E-state index contributed by atoms with van der Waals surface area (Å²) in [6.45, 7) is 2.34. The van der Waals surface area contributed by atoms with Gasteiger partial charge in [0.1, 0.15) is 0 Å². The number of hydrogen-bond donors (Lipinski definition) is 1. The first-order valence-electron chi connectivity index (χ1n) is 7.78. The number of rotatable bonds is 2. The molecule has 1 aromatic rings. The normalized spacial score (nSPS) is 30.6. The van der Waals surface area contributed by atoms with Crippen LogP contribution in [-0.2, 0) is 0 Å². The van der Waals surface area contributed by atoms with Crippen LogP contribution >= 0.6 is 0 Å². The first-order chi connectivity index (χ1) is 9.74. The van der Waals surface area contributed by atoms with Gasteiger partial charge in [0.05, 0.1) is 0 Å². The zero-order chi connectivity index (χ0) is 13.9. The molecule has 3 heteroatoms. The first-order valence-corrected chi connectivity index (χ1v) is 7.78. The standard InChI is InChI=1S/C17H24N2O/c1-19-11-10-13-8-5-9-16(15(13)12-19)18-17(20)14-6-3-2-4-7-14/h2-4,6-7,13,15-16H,5,8-12H2,1H3,(H,18,20)/t13-,15-,16-/m1/s1. The van der Waals surface area contributed by atoms with Gasteiger partial charge in [-0.15, -0.1) is 0 Å². The molecule has 2 aliphatic rings. The van der Waals surface area contributed by atoms with Crippen molar-refractivity contribution in [3.05, 3.63) is 35.9 Å². The van der Waals surface area contributed by atoms with Crippen molar-refractivity contribution in [2.24, 2.45) is 11.8 Å². The van der Waals surface area contributed by atoms with Gasteiger partial charge in [-0.2, -0.15) is 0 Å². The number of carbonyl (C=O) groups is 1. The summed E-state index contributed by atoms with van der Waals surface area (Å²) in [4.78, 5) is 14.8. The Kier molecular flexibility index (Phi) is 4.06. The third-order valence-electron chi connectivity index (χ3n) is 4.97. The van der Waals surface area contributed by atoms with E-state index >= 15 is 0 Å². The predicted octanol–water partition coefficient (Wildman–Crippen LogP) is 2.54. The number of fused-ring (bicyclic) bond motifs is 1. The Hall–Kier alpha value is -1.35. The van der Waals surface area contributed by atoms with Crippen molar-refractivity contribution < 1.29 is 4.79 Å². The molecule has 0 spiro atoms. The van der Waals surface area contributed by atoms with Crippen LogP contribution in [-0.4, -0.2) is 37.0 Å². The molecule has 1 heterocycles. The molecule has 1 aromatic carbocycles. The van der Waals surface area contributed by atoms with Crippen LogP contribution in [0.3, 0.4) is 0 Å². The van der Waals surface area contributed by atoms with Crippen LogP contribution in [0.2, 0.25) is 0 Å². The lowest BCUT2D eigenvalue weighted by molar-refractivity contribution is 0.0650. The van der Waals surface area contributed by atoms with Gasteiger partial charge >= 0.3 is 0 Å². The molecular formula is C17H24N2O. The van der Waals surface area contributed by atoms with E-state index in [1.54, 1.807) is 0 Å². The zero-order valence-electron chi connectivity index (χ0n) is 12.2. The van der Waals surface area contributed by atoms with Gasteiger partial charge in [0.25, 0.3) is 5.91 Å². The monoisotopic (exact) mass is 272 g/mol. The Morgan fingerprint density at radius 3 is 2.80 bits per heavy atom. The van der Waals surface area contributed by atoms with Crippen LogP contribution in [0.1, 0.15) is 36.0 Å². The second-order valence-corrected chi connectivity index (χ2v) is 6.35. The average molecular weight is 272 g/mol. The van der Waals surface area contributed by atoms with Crippen LogP contribution < -0.4 is 5.32 Å². The number of amides is 1. The molecule has 1 saturated carbocycles. The van der Waals surface area contributed by atoms with Crippen LogP contribution in [0.5, 0.6) is 0 Å². The van der Waals surface area contributed by atoms with E-state index in [0.717, 1.165) is 24.4 Å². The lowest BCUT2D eigenvalue weighted by Gasteiger charge is -2.44. The SMILES string of the molecule is CN1CC[C@H]2CCC[C@@H](NC(=O)c3ccccc3)[C@@H]2C1. The maximum atomic E-state index is 12.3. The lowest BCUT2D eigenvalue weighted by atomic mass is 9.72. The summed E-state index contributed by atoms with van der Waals surface area (Å²) in [5.74, 6) is 1.53. The summed E-state index contributed by atoms with van der Waals surface area (Å²) < 4.78 is 0. The molecule has 1 aliphatic carbocycles. The average Bonchev–Trinajstić information content (AvgIpc) is 2.49. The maximum Gasteiger partial charge on any atom is 0.251 e. The third kappa shape index (κ3) is 2.88. The predicted molar refractivity (Wildman–Crippen MR) is 80.6 cm³/mol. The molecule has 3 atom stereocenters. The van der Waals surface area contributed by atoms with Crippen molar-refractivity contribution in [1.82, 2.24) is 10.2 Å². The Bertz CT molecular complexity index is 459. The number of nitrogens with zero attached hydrogens (tertiary/aromatic N) is 1. The van der Waals surface area contributed by atoms with E-state index in [0.29, 0.717) is 12.0 Å². The minimum atomic E-state index is 0.0875. The van der Waals surface area contributed by atoms with Gasteiger partial charge in [-0.05, 0) is 56.8 Å². The van der Waals surface area contributed by atoms with Gasteiger partial charge in [-0.3, -0.25) is 4.79 Å². The highest BCUT2D eigenvalue weighted by Crippen LogP contribution is 2.36. The highest BCUT2D eigenvalue weighted by Gasteiger charge is 2.37. The van der Waals surface area contributed by atoms with Gasteiger partial charge in [0.15, 0.2) is 0 Å². The molecule has 1 amide bonds. The van der Waals surface area contributed by atoms with E-state index in [2.05, 4.69) is 17.3 Å². The van der Waals surface area contributed by atoms with E-state index in [-0.39, 0.29) is 5.91 Å². The summed E-state index contributed by atoms with van der Waals surface area (Å²) in [7, 11) is 2.20. The van der Waals surface area contributed by atoms with Crippen molar-refractivity contribution in [1.29, 1.82) is 0 Å². The lowest BCUT2D eigenvalue weighted by Crippen LogP contribution is -2.52. The largest absolute Gasteiger partial charge is 0.349 e. The molecule has 0 bridgehead atoms. The van der Waals surface area contributed by atoms with Crippen molar-refractivity contribution >= 4 is 5.91 Å². The molecule has 0 radical (unpaired) electrons. The van der Waals surface area contributed by atoms with E-state index in [1.165, 1.54) is 25.8 Å². The fourth-order valence-corrected chi connectivity index (χ4v) is 3.85. The quantitative estimate of drug-likeness (QED) is 0.897. The van der Waals surface area contributed by atoms with E-state index in [4.69, 9.17) is 0 Å². The van der Waals surface area contributed by atoms with E-state index in [1.807, 2.05) is 30.3 Å². The second kappa shape index (κ2) is 5.96. The Morgan fingerprint density at radius 2 is 2.00 bits per heavy atom. The van der Waals surface area contributed by atoms with Gasteiger partial charge in [0, 0.05) is 18.2 Å². The Labute approximate surface area is 121 Å². The summed E-state index contributed by atoms with van der Waals surface area (Å²) in [6.07, 6.45) is 5.02. The minimum Gasteiger partial charge on any atom is -0.349 e. The Morgan fingerprint density at radius 1 is 1.20 bits per heavy atom. The van der Waals surface area contributed by atoms with E-state index in [9.17, 15) is 4.79 Å². The first kappa shape index (κ1) is 13.6. The van der Waals surface area contributed by atoms with Crippen LogP contribution in [0, 0.1) is 11.8 Å². The van der Waals surface area contributed by atoms with Crippen molar-refractivity contribution in [3.63, 3.8) is 0 Å². The maximum absolute atomic E-state index is 12.3. The molecule has 0 unspecified atom stereocenters. The molecule has 0 aromatic heterocycles. The molecule has 108 valence electrons. The number of piperidine rings is 1. The number of hydrogen-bond acceptors (Lipinski definition) is 2. The van der Waals surface area contributed by atoms with Gasteiger partial charge in [-0.1, -0.05) is 24.6 Å². The summed E-state index contributed by atoms with van der Waals surface area (Å²) >= 11 is 0. The van der Waals surface area contributed by atoms with Gasteiger partial charge in [0.2, 0.25) is 0 Å². The number of nitrogens with one attached hydrogen (secondary N) is 1. The molecule has 20 heavy (non-hydrogen) atoms. The molecular weight excluding hydrogens is 248 g/mol. The van der Waals surface area contributed by atoms with Crippen molar-refractivity contribution in [3.8, 4) is 0 Å². The summed E-state index contributed by atoms with van der Waals surface area (Å²) in [5.41, 5.74) is 0.777. The molecule has 2 fully saturated rings. The van der Waals surface area contributed by atoms with Gasteiger partial charge in [-0.25, -0.2) is 0 Å². The van der Waals surface area contributed by atoms with Gasteiger partial charge < -0.3 is 10.2 Å². The number of likely N-dealkylation sites (tertiary alicyclic amines) is 1. The number of benzene rings is 1. The van der Waals surface area contributed by atoms with Crippen LogP contribution in [0.15, 0.2) is 30.3 Å².